The smallest absolute Gasteiger partial charge is 0.342 e. The molecule has 1 aromatic heterocycles. The summed E-state index contributed by atoms with van der Waals surface area (Å²) in [6, 6.07) is 8.63. The number of amides is 1. The molecule has 4 rings (SSSR count). The molecule has 2 aromatic rings. The topological polar surface area (TPSA) is 60.1 Å². The molecule has 0 N–H and O–H groups in total. The van der Waals surface area contributed by atoms with Crippen molar-refractivity contribution in [3.63, 3.8) is 0 Å². The first-order chi connectivity index (χ1) is 11.5. The van der Waals surface area contributed by atoms with E-state index < -0.39 is 0 Å². The van der Waals surface area contributed by atoms with Gasteiger partial charge in [-0.05, 0) is 30.4 Å². The van der Waals surface area contributed by atoms with Crippen LogP contribution in [0.5, 0.6) is 0 Å². The minimum absolute atomic E-state index is 0.126. The van der Waals surface area contributed by atoms with Crippen molar-refractivity contribution in [1.82, 2.24) is 19.2 Å². The molecule has 24 heavy (non-hydrogen) atoms. The van der Waals surface area contributed by atoms with Gasteiger partial charge in [-0.1, -0.05) is 24.3 Å². The lowest BCUT2D eigenvalue weighted by Gasteiger charge is -2.30. The fourth-order valence-corrected chi connectivity index (χ4v) is 4.02. The number of nitrogens with zero attached hydrogens (tertiary/aromatic N) is 4. The van der Waals surface area contributed by atoms with Crippen LogP contribution in [0.2, 0.25) is 0 Å². The van der Waals surface area contributed by atoms with Gasteiger partial charge in [-0.3, -0.25) is 9.36 Å². The number of rotatable bonds is 2. The highest BCUT2D eigenvalue weighted by atomic mass is 16.2. The molecule has 0 fully saturated rings. The summed E-state index contributed by atoms with van der Waals surface area (Å²) in [6.45, 7) is 0.449. The summed E-state index contributed by atoms with van der Waals surface area (Å²) in [4.78, 5) is 26.9. The van der Waals surface area contributed by atoms with E-state index in [1.807, 2.05) is 11.9 Å². The number of carbonyl (C=O) groups is 1. The van der Waals surface area contributed by atoms with Crippen molar-refractivity contribution in [2.75, 3.05) is 7.05 Å². The van der Waals surface area contributed by atoms with Crippen molar-refractivity contribution < 1.29 is 4.79 Å². The minimum atomic E-state index is -0.131. The number of benzene rings is 1. The number of hydrogen-bond donors (Lipinski definition) is 0. The molecular weight excluding hydrogens is 304 g/mol. The zero-order valence-corrected chi connectivity index (χ0v) is 14.1. The summed E-state index contributed by atoms with van der Waals surface area (Å²) >= 11 is 0. The summed E-state index contributed by atoms with van der Waals surface area (Å²) < 4.78 is 3.02. The molecule has 2 aliphatic rings. The largest absolute Gasteiger partial charge is 0.345 e. The Balaban J connectivity index is 1.49. The number of likely N-dealkylation sites (N-methyl/N-ethyl adjacent to an activating group) is 1. The molecule has 2 heterocycles. The van der Waals surface area contributed by atoms with E-state index in [0.29, 0.717) is 13.0 Å². The van der Waals surface area contributed by atoms with E-state index in [9.17, 15) is 9.59 Å². The zero-order chi connectivity index (χ0) is 16.8. The molecule has 126 valence electrons. The van der Waals surface area contributed by atoms with Gasteiger partial charge in [0, 0.05) is 33.1 Å². The van der Waals surface area contributed by atoms with Gasteiger partial charge in [-0.2, -0.15) is 5.10 Å². The van der Waals surface area contributed by atoms with Crippen LogP contribution in [-0.2, 0) is 37.6 Å². The van der Waals surface area contributed by atoms with Gasteiger partial charge >= 0.3 is 5.69 Å². The van der Waals surface area contributed by atoms with Gasteiger partial charge in [0.05, 0.1) is 5.92 Å². The molecule has 1 aliphatic carbocycles. The Morgan fingerprint density at radius 1 is 1.25 bits per heavy atom. The molecule has 1 amide bonds. The molecule has 6 nitrogen and oxygen atoms in total. The van der Waals surface area contributed by atoms with E-state index in [2.05, 4.69) is 29.4 Å². The highest BCUT2D eigenvalue weighted by molar-refractivity contribution is 5.79. The molecule has 0 saturated carbocycles. The molecule has 0 radical (unpaired) electrons. The van der Waals surface area contributed by atoms with Gasteiger partial charge < -0.3 is 4.90 Å². The van der Waals surface area contributed by atoms with Crippen LogP contribution in [0, 0.1) is 5.92 Å². The molecule has 1 aliphatic heterocycles. The molecule has 0 unspecified atom stereocenters. The van der Waals surface area contributed by atoms with Crippen molar-refractivity contribution in [3.8, 4) is 0 Å². The molecular formula is C18H22N4O2. The van der Waals surface area contributed by atoms with E-state index in [1.54, 1.807) is 11.6 Å². The Morgan fingerprint density at radius 2 is 1.92 bits per heavy atom. The van der Waals surface area contributed by atoms with Gasteiger partial charge in [0.2, 0.25) is 5.91 Å². The van der Waals surface area contributed by atoms with E-state index in [4.69, 9.17) is 0 Å². The van der Waals surface area contributed by atoms with Crippen molar-refractivity contribution >= 4 is 5.91 Å². The predicted octanol–water partition coefficient (Wildman–Crippen LogP) is 0.770. The van der Waals surface area contributed by atoms with E-state index in [1.165, 1.54) is 15.8 Å². The number of fused-ring (bicyclic) bond motifs is 2. The Bertz CT molecular complexity index is 826. The maximum Gasteiger partial charge on any atom is 0.345 e. The Kier molecular flexibility index (Phi) is 3.55. The number of carbonyl (C=O) groups excluding carboxylic acids is 1. The molecule has 0 bridgehead atoms. The van der Waals surface area contributed by atoms with Gasteiger partial charge in [0.25, 0.3) is 0 Å². The highest BCUT2D eigenvalue weighted by Crippen LogP contribution is 2.27. The third-order valence-electron chi connectivity index (χ3n) is 5.48. The Hall–Kier alpha value is -2.37. The second-order valence-corrected chi connectivity index (χ2v) is 6.95. The van der Waals surface area contributed by atoms with Crippen LogP contribution in [0.4, 0.5) is 0 Å². The van der Waals surface area contributed by atoms with Crippen LogP contribution in [0.3, 0.4) is 0 Å². The quantitative estimate of drug-likeness (QED) is 0.819. The molecule has 6 heteroatoms. The summed E-state index contributed by atoms with van der Waals surface area (Å²) in [5.41, 5.74) is 2.56. The second-order valence-electron chi connectivity index (χ2n) is 6.95. The average Bonchev–Trinajstić information content (AvgIpc) is 3.15. The van der Waals surface area contributed by atoms with Gasteiger partial charge in [-0.15, -0.1) is 0 Å². The van der Waals surface area contributed by atoms with Crippen LogP contribution in [0.25, 0.3) is 0 Å². The predicted molar refractivity (Wildman–Crippen MR) is 89.7 cm³/mol. The standard InChI is InChI=1S/C18H22N4O2/c1-20(15-9-12-5-3-4-6-13(12)10-15)17(23)14-7-8-16-19-21(2)18(24)22(16)11-14/h3-6,14-15H,7-11H2,1-2H3/t14-/m1/s1. The van der Waals surface area contributed by atoms with Crippen molar-refractivity contribution in [1.29, 1.82) is 0 Å². The minimum Gasteiger partial charge on any atom is -0.342 e. The van der Waals surface area contributed by atoms with Crippen molar-refractivity contribution in [2.45, 2.75) is 38.3 Å². The van der Waals surface area contributed by atoms with E-state index >= 15 is 0 Å². The zero-order valence-electron chi connectivity index (χ0n) is 14.1. The first-order valence-corrected chi connectivity index (χ1v) is 8.50. The van der Waals surface area contributed by atoms with Crippen LogP contribution >= 0.6 is 0 Å². The fourth-order valence-electron chi connectivity index (χ4n) is 4.02. The first-order valence-electron chi connectivity index (χ1n) is 8.50. The third-order valence-corrected chi connectivity index (χ3v) is 5.48. The fraction of sp³-hybridized carbons (Fsp3) is 0.500. The third kappa shape index (κ3) is 2.37. The lowest BCUT2D eigenvalue weighted by Crippen LogP contribution is -2.44. The average molecular weight is 326 g/mol. The van der Waals surface area contributed by atoms with Crippen LogP contribution in [-0.4, -0.2) is 38.2 Å². The molecule has 1 aromatic carbocycles. The first kappa shape index (κ1) is 15.2. The van der Waals surface area contributed by atoms with E-state index in [0.717, 1.165) is 25.1 Å². The van der Waals surface area contributed by atoms with Gasteiger partial charge in [-0.25, -0.2) is 9.48 Å². The Labute approximate surface area is 140 Å². The lowest BCUT2D eigenvalue weighted by molar-refractivity contribution is -0.137. The molecule has 1 atom stereocenters. The number of aryl methyl sites for hydroxylation is 2. The van der Waals surface area contributed by atoms with Crippen molar-refractivity contribution in [3.05, 3.63) is 51.7 Å². The molecule has 0 spiro atoms. The van der Waals surface area contributed by atoms with Gasteiger partial charge in [0.1, 0.15) is 5.82 Å². The Morgan fingerprint density at radius 3 is 2.58 bits per heavy atom. The summed E-state index contributed by atoms with van der Waals surface area (Å²) in [5.74, 6) is 0.810. The molecule has 0 saturated heterocycles. The second kappa shape index (κ2) is 5.61. The van der Waals surface area contributed by atoms with Crippen LogP contribution < -0.4 is 5.69 Å². The maximum absolute atomic E-state index is 12.9. The maximum atomic E-state index is 12.9. The SMILES string of the molecule is CN(C(=O)[C@@H]1CCc2nn(C)c(=O)n2C1)C1Cc2ccccc2C1. The summed E-state index contributed by atoms with van der Waals surface area (Å²) in [7, 11) is 3.56. The van der Waals surface area contributed by atoms with Gasteiger partial charge in [0.15, 0.2) is 0 Å². The monoisotopic (exact) mass is 326 g/mol. The number of aromatic nitrogens is 3. The lowest BCUT2D eigenvalue weighted by atomic mass is 9.97. The summed E-state index contributed by atoms with van der Waals surface area (Å²) in [6.07, 6.45) is 3.29. The highest BCUT2D eigenvalue weighted by Gasteiger charge is 2.34. The van der Waals surface area contributed by atoms with E-state index in [-0.39, 0.29) is 23.6 Å². The van der Waals surface area contributed by atoms with Crippen molar-refractivity contribution in [2.24, 2.45) is 13.0 Å². The van der Waals surface area contributed by atoms with Crippen LogP contribution in [0.15, 0.2) is 29.1 Å². The summed E-state index contributed by atoms with van der Waals surface area (Å²) in [5, 5.41) is 4.24. The van der Waals surface area contributed by atoms with Crippen LogP contribution in [0.1, 0.15) is 23.4 Å². The number of hydrogen-bond acceptors (Lipinski definition) is 3. The normalized spacial score (nSPS) is 19.8.